The maximum Gasteiger partial charge on any atom is 0.317 e. The van der Waals surface area contributed by atoms with Crippen molar-refractivity contribution in [2.24, 2.45) is 5.92 Å². The van der Waals surface area contributed by atoms with Crippen molar-refractivity contribution in [1.29, 1.82) is 0 Å². The Labute approximate surface area is 146 Å². The first-order valence-corrected chi connectivity index (χ1v) is 8.36. The minimum atomic E-state index is -0.247. The number of nitrogens with zero attached hydrogens (tertiary/aromatic N) is 3. The van der Waals surface area contributed by atoms with E-state index in [1.54, 1.807) is 17.4 Å². The summed E-state index contributed by atoms with van der Waals surface area (Å²) in [4.78, 5) is 29.9. The van der Waals surface area contributed by atoms with Gasteiger partial charge in [0.15, 0.2) is 0 Å². The second-order valence-corrected chi connectivity index (χ2v) is 6.07. The van der Waals surface area contributed by atoms with Crippen LogP contribution in [0.25, 0.3) is 5.69 Å². The third kappa shape index (κ3) is 3.99. The normalized spacial score (nSPS) is 17.2. The van der Waals surface area contributed by atoms with Gasteiger partial charge >= 0.3 is 12.0 Å². The molecule has 1 aromatic heterocycles. The monoisotopic (exact) mass is 342 g/mol. The highest BCUT2D eigenvalue weighted by Crippen LogP contribution is 2.18. The van der Waals surface area contributed by atoms with Crippen molar-refractivity contribution in [3.8, 4) is 5.69 Å². The Kier molecular flexibility index (Phi) is 5.33. The van der Waals surface area contributed by atoms with E-state index in [4.69, 9.17) is 4.74 Å². The Morgan fingerprint density at radius 2 is 2.20 bits per heavy atom. The number of methoxy groups -OCH3 is 1. The number of rotatable bonds is 4. The first-order chi connectivity index (χ1) is 12.2. The van der Waals surface area contributed by atoms with Crippen molar-refractivity contribution >= 4 is 12.0 Å². The van der Waals surface area contributed by atoms with Gasteiger partial charge in [-0.15, -0.1) is 0 Å². The van der Waals surface area contributed by atoms with Crippen LogP contribution in [0.15, 0.2) is 43.0 Å². The van der Waals surface area contributed by atoms with Crippen LogP contribution < -0.4 is 5.32 Å². The van der Waals surface area contributed by atoms with Crippen LogP contribution in [0.2, 0.25) is 0 Å². The zero-order valence-electron chi connectivity index (χ0n) is 14.2. The van der Waals surface area contributed by atoms with Gasteiger partial charge in [0.1, 0.15) is 0 Å². The number of hydrogen-bond acceptors (Lipinski definition) is 4. The fraction of sp³-hybridized carbons (Fsp3) is 0.389. The van der Waals surface area contributed by atoms with Crippen molar-refractivity contribution in [2.45, 2.75) is 19.4 Å². The molecule has 3 rings (SSSR count). The number of likely N-dealkylation sites (tertiary alicyclic amines) is 1. The molecule has 1 N–H and O–H groups in total. The van der Waals surface area contributed by atoms with Gasteiger partial charge in [0.2, 0.25) is 0 Å². The summed E-state index contributed by atoms with van der Waals surface area (Å²) in [6.45, 7) is 1.47. The summed E-state index contributed by atoms with van der Waals surface area (Å²) >= 11 is 0. The molecule has 2 heterocycles. The van der Waals surface area contributed by atoms with Gasteiger partial charge in [-0.3, -0.25) is 4.79 Å². The van der Waals surface area contributed by atoms with E-state index >= 15 is 0 Å². The van der Waals surface area contributed by atoms with Gasteiger partial charge in [-0.05, 0) is 24.5 Å². The molecule has 2 aromatic rings. The summed E-state index contributed by atoms with van der Waals surface area (Å²) < 4.78 is 6.71. The van der Waals surface area contributed by atoms with Crippen LogP contribution >= 0.6 is 0 Å². The lowest BCUT2D eigenvalue weighted by molar-refractivity contribution is -0.146. The average molecular weight is 342 g/mol. The number of imidazole rings is 1. The molecule has 2 amide bonds. The third-order valence-corrected chi connectivity index (χ3v) is 4.45. The number of aromatic nitrogens is 2. The van der Waals surface area contributed by atoms with Crippen LogP contribution in [0.3, 0.4) is 0 Å². The summed E-state index contributed by atoms with van der Waals surface area (Å²) in [6, 6.07) is 7.69. The van der Waals surface area contributed by atoms with E-state index in [2.05, 4.69) is 10.3 Å². The number of amides is 2. The number of carbonyl (C=O) groups excluding carboxylic acids is 2. The van der Waals surface area contributed by atoms with Gasteiger partial charge in [-0.2, -0.15) is 0 Å². The molecular formula is C18H22N4O3. The molecule has 1 aliphatic rings. The van der Waals surface area contributed by atoms with Crippen LogP contribution in [-0.4, -0.2) is 46.7 Å². The lowest BCUT2D eigenvalue weighted by Gasteiger charge is -2.31. The topological polar surface area (TPSA) is 76.5 Å². The molecule has 0 spiro atoms. The lowest BCUT2D eigenvalue weighted by Crippen LogP contribution is -2.47. The molecule has 0 radical (unpaired) electrons. The molecule has 1 atom stereocenters. The van der Waals surface area contributed by atoms with Crippen molar-refractivity contribution in [2.75, 3.05) is 20.2 Å². The number of urea groups is 1. The largest absolute Gasteiger partial charge is 0.469 e. The lowest BCUT2D eigenvalue weighted by atomic mass is 9.98. The van der Waals surface area contributed by atoms with Crippen molar-refractivity contribution in [1.82, 2.24) is 19.8 Å². The molecule has 1 aliphatic heterocycles. The number of para-hydroxylation sites is 1. The molecule has 132 valence electrons. The Morgan fingerprint density at radius 1 is 1.36 bits per heavy atom. The molecular weight excluding hydrogens is 320 g/mol. The second kappa shape index (κ2) is 7.83. The van der Waals surface area contributed by atoms with E-state index in [1.165, 1.54) is 7.11 Å². The van der Waals surface area contributed by atoms with E-state index in [9.17, 15) is 9.59 Å². The Hall–Kier alpha value is -2.83. The van der Waals surface area contributed by atoms with E-state index in [-0.39, 0.29) is 17.9 Å². The molecule has 0 saturated carbocycles. The minimum Gasteiger partial charge on any atom is -0.469 e. The van der Waals surface area contributed by atoms with Gasteiger partial charge in [-0.1, -0.05) is 18.2 Å². The smallest absolute Gasteiger partial charge is 0.317 e. The van der Waals surface area contributed by atoms with Crippen LogP contribution in [0.4, 0.5) is 4.79 Å². The van der Waals surface area contributed by atoms with Gasteiger partial charge in [0.05, 0.1) is 25.0 Å². The number of piperidine rings is 1. The quantitative estimate of drug-likeness (QED) is 0.862. The summed E-state index contributed by atoms with van der Waals surface area (Å²) in [5.41, 5.74) is 1.97. The predicted octanol–water partition coefficient (Wildman–Crippen LogP) is 1.97. The first kappa shape index (κ1) is 17.0. The highest BCUT2D eigenvalue weighted by atomic mass is 16.5. The van der Waals surface area contributed by atoms with E-state index in [0.29, 0.717) is 19.6 Å². The maximum atomic E-state index is 12.5. The van der Waals surface area contributed by atoms with Crippen molar-refractivity contribution in [3.05, 3.63) is 48.5 Å². The number of ether oxygens (including phenoxy) is 1. The number of hydrogen-bond donors (Lipinski definition) is 1. The molecule has 1 aromatic carbocycles. The molecule has 25 heavy (non-hydrogen) atoms. The zero-order valence-corrected chi connectivity index (χ0v) is 14.2. The van der Waals surface area contributed by atoms with E-state index in [1.807, 2.05) is 35.0 Å². The minimum absolute atomic E-state index is 0.158. The van der Waals surface area contributed by atoms with Crippen LogP contribution in [0.1, 0.15) is 18.4 Å². The SMILES string of the molecule is COC(=O)[C@H]1CCCN(C(=O)NCc2ccccc2-n2ccnc2)C1. The molecule has 0 unspecified atom stereocenters. The van der Waals surface area contributed by atoms with Gasteiger partial charge in [-0.25, -0.2) is 9.78 Å². The predicted molar refractivity (Wildman–Crippen MR) is 92.1 cm³/mol. The van der Waals surface area contributed by atoms with Crippen LogP contribution in [-0.2, 0) is 16.1 Å². The Bertz CT molecular complexity index is 730. The van der Waals surface area contributed by atoms with Crippen LogP contribution in [0, 0.1) is 5.92 Å². The zero-order chi connectivity index (χ0) is 17.6. The second-order valence-electron chi connectivity index (χ2n) is 6.07. The van der Waals surface area contributed by atoms with Crippen LogP contribution in [0.5, 0.6) is 0 Å². The van der Waals surface area contributed by atoms with Gasteiger partial charge < -0.3 is 19.5 Å². The molecule has 1 saturated heterocycles. The fourth-order valence-electron chi connectivity index (χ4n) is 3.12. The summed E-state index contributed by atoms with van der Waals surface area (Å²) in [5, 5.41) is 2.95. The number of carbonyl (C=O) groups is 2. The summed E-state index contributed by atoms with van der Waals surface area (Å²) in [7, 11) is 1.38. The van der Waals surface area contributed by atoms with Gasteiger partial charge in [0, 0.05) is 32.0 Å². The average Bonchev–Trinajstić information content (AvgIpc) is 3.20. The molecule has 0 aliphatic carbocycles. The van der Waals surface area contributed by atoms with E-state index < -0.39 is 0 Å². The molecule has 7 nitrogen and oxygen atoms in total. The molecule has 7 heteroatoms. The maximum absolute atomic E-state index is 12.5. The number of nitrogens with one attached hydrogen (secondary N) is 1. The Balaban J connectivity index is 1.62. The number of esters is 1. The Morgan fingerprint density at radius 3 is 2.96 bits per heavy atom. The number of benzene rings is 1. The summed E-state index contributed by atoms with van der Waals surface area (Å²) in [6.07, 6.45) is 6.88. The van der Waals surface area contributed by atoms with Crippen molar-refractivity contribution < 1.29 is 14.3 Å². The first-order valence-electron chi connectivity index (χ1n) is 8.36. The van der Waals surface area contributed by atoms with Gasteiger partial charge in [0.25, 0.3) is 0 Å². The summed E-state index contributed by atoms with van der Waals surface area (Å²) in [5.74, 6) is -0.481. The molecule has 0 bridgehead atoms. The van der Waals surface area contributed by atoms with Crippen molar-refractivity contribution in [3.63, 3.8) is 0 Å². The van der Waals surface area contributed by atoms with E-state index in [0.717, 1.165) is 24.1 Å². The standard InChI is InChI=1S/C18H22N4O3/c1-25-17(23)15-6-4-9-21(12-15)18(24)20-11-14-5-2-3-7-16(14)22-10-8-19-13-22/h2-3,5,7-8,10,13,15H,4,6,9,11-12H2,1H3,(H,20,24)/t15-/m0/s1. The highest BCUT2D eigenvalue weighted by Gasteiger charge is 2.28. The molecule has 1 fully saturated rings. The third-order valence-electron chi connectivity index (χ3n) is 4.45. The fourth-order valence-corrected chi connectivity index (χ4v) is 3.12. The highest BCUT2D eigenvalue weighted by molar-refractivity contribution is 5.77.